The highest BCUT2D eigenvalue weighted by atomic mass is 17.2. The third-order valence-electron chi connectivity index (χ3n) is 3.73. The summed E-state index contributed by atoms with van der Waals surface area (Å²) in [5.41, 5.74) is 0. The van der Waals surface area contributed by atoms with Gasteiger partial charge in [0.15, 0.2) is 6.10 Å². The van der Waals surface area contributed by atoms with Gasteiger partial charge in [0.05, 0.1) is 6.61 Å². The molecule has 0 rings (SSSR count). The standard InChI is InChI=1S/C19H36O5/c1-4-6-8-10-12-14-19(21)23-18(15-20)16-22-24-17(3)13-11-9-7-5-2/h18,20H,3-16H2,1-2H3. The molecule has 1 unspecified atom stereocenters. The van der Waals surface area contributed by atoms with Gasteiger partial charge in [0, 0.05) is 12.8 Å². The van der Waals surface area contributed by atoms with Crippen LogP contribution in [0.2, 0.25) is 0 Å². The molecule has 0 bridgehead atoms. The van der Waals surface area contributed by atoms with Crippen molar-refractivity contribution in [2.75, 3.05) is 13.2 Å². The van der Waals surface area contributed by atoms with Gasteiger partial charge >= 0.3 is 5.97 Å². The van der Waals surface area contributed by atoms with Crippen LogP contribution in [0.1, 0.15) is 84.5 Å². The molecule has 0 saturated carbocycles. The predicted molar refractivity (Wildman–Crippen MR) is 95.3 cm³/mol. The fourth-order valence-corrected chi connectivity index (χ4v) is 2.23. The first-order valence-electron chi connectivity index (χ1n) is 9.41. The van der Waals surface area contributed by atoms with E-state index >= 15 is 0 Å². The lowest BCUT2D eigenvalue weighted by atomic mass is 10.1. The minimum absolute atomic E-state index is 0.00601. The van der Waals surface area contributed by atoms with E-state index in [0.29, 0.717) is 12.2 Å². The maximum atomic E-state index is 11.7. The van der Waals surface area contributed by atoms with Crippen molar-refractivity contribution in [1.82, 2.24) is 0 Å². The molecule has 0 fully saturated rings. The Morgan fingerprint density at radius 1 is 0.958 bits per heavy atom. The second-order valence-electron chi connectivity index (χ2n) is 6.18. The minimum atomic E-state index is -0.693. The first kappa shape index (κ1) is 22.9. The third-order valence-corrected chi connectivity index (χ3v) is 3.73. The van der Waals surface area contributed by atoms with E-state index in [4.69, 9.17) is 14.5 Å². The second-order valence-corrected chi connectivity index (χ2v) is 6.18. The lowest BCUT2D eigenvalue weighted by molar-refractivity contribution is -0.279. The average Bonchev–Trinajstić information content (AvgIpc) is 2.57. The SMILES string of the molecule is C=C(CCCCCC)OOCC(CO)OC(=O)CCCCCCC. The number of carbonyl (C=O) groups excluding carboxylic acids is 1. The van der Waals surface area contributed by atoms with E-state index in [1.807, 2.05) is 0 Å². The Morgan fingerprint density at radius 3 is 2.17 bits per heavy atom. The van der Waals surface area contributed by atoms with Gasteiger partial charge in [0.25, 0.3) is 0 Å². The fraction of sp³-hybridized carbons (Fsp3) is 0.842. The van der Waals surface area contributed by atoms with Gasteiger partial charge in [-0.25, -0.2) is 0 Å². The summed E-state index contributed by atoms with van der Waals surface area (Å²) in [6, 6.07) is 0. The van der Waals surface area contributed by atoms with Crippen molar-refractivity contribution >= 4 is 5.97 Å². The first-order valence-corrected chi connectivity index (χ1v) is 9.41. The zero-order valence-corrected chi connectivity index (χ0v) is 15.6. The summed E-state index contributed by atoms with van der Waals surface area (Å²) in [7, 11) is 0. The summed E-state index contributed by atoms with van der Waals surface area (Å²) in [6.45, 7) is 7.82. The van der Waals surface area contributed by atoms with Crippen molar-refractivity contribution in [3.8, 4) is 0 Å². The van der Waals surface area contributed by atoms with Crippen molar-refractivity contribution < 1.29 is 24.4 Å². The molecule has 0 saturated heterocycles. The van der Waals surface area contributed by atoms with Gasteiger partial charge in [-0.15, -0.1) is 0 Å². The third kappa shape index (κ3) is 14.5. The minimum Gasteiger partial charge on any atom is -0.457 e. The van der Waals surface area contributed by atoms with Crippen LogP contribution in [-0.2, 0) is 19.3 Å². The van der Waals surface area contributed by atoms with Crippen LogP contribution in [-0.4, -0.2) is 30.4 Å². The number of aliphatic hydroxyl groups excluding tert-OH is 1. The maximum Gasteiger partial charge on any atom is 0.306 e. The first-order chi connectivity index (χ1) is 11.6. The van der Waals surface area contributed by atoms with Crippen LogP contribution in [0.15, 0.2) is 12.3 Å². The zero-order valence-electron chi connectivity index (χ0n) is 15.6. The molecular weight excluding hydrogens is 308 g/mol. The molecule has 5 nitrogen and oxygen atoms in total. The van der Waals surface area contributed by atoms with E-state index in [-0.39, 0.29) is 19.2 Å². The van der Waals surface area contributed by atoms with Gasteiger partial charge in [-0.05, 0) is 12.8 Å². The van der Waals surface area contributed by atoms with Crippen LogP contribution in [0.5, 0.6) is 0 Å². The average molecular weight is 344 g/mol. The highest BCUT2D eigenvalue weighted by Gasteiger charge is 2.14. The molecule has 0 radical (unpaired) electrons. The molecule has 0 aromatic carbocycles. The lowest BCUT2D eigenvalue weighted by Crippen LogP contribution is -2.27. The quantitative estimate of drug-likeness (QED) is 0.136. The van der Waals surface area contributed by atoms with Crippen LogP contribution in [0, 0.1) is 0 Å². The summed E-state index contributed by atoms with van der Waals surface area (Å²) in [4.78, 5) is 21.8. The summed E-state index contributed by atoms with van der Waals surface area (Å²) in [6.07, 6.45) is 10.4. The highest BCUT2D eigenvalue weighted by molar-refractivity contribution is 5.69. The summed E-state index contributed by atoms with van der Waals surface area (Å²) < 4.78 is 5.18. The smallest absolute Gasteiger partial charge is 0.306 e. The Kier molecular flexibility index (Phi) is 16.0. The topological polar surface area (TPSA) is 65.0 Å². The van der Waals surface area contributed by atoms with E-state index in [1.165, 1.54) is 25.7 Å². The molecule has 1 atom stereocenters. The Morgan fingerprint density at radius 2 is 1.54 bits per heavy atom. The van der Waals surface area contributed by atoms with E-state index in [1.54, 1.807) is 0 Å². The van der Waals surface area contributed by atoms with Gasteiger partial charge in [0.2, 0.25) is 0 Å². The van der Waals surface area contributed by atoms with Crippen molar-refractivity contribution in [1.29, 1.82) is 0 Å². The number of rotatable bonds is 17. The largest absolute Gasteiger partial charge is 0.457 e. The molecule has 0 aromatic rings. The number of unbranched alkanes of at least 4 members (excludes halogenated alkanes) is 7. The summed E-state index contributed by atoms with van der Waals surface area (Å²) in [5.74, 6) is 0.262. The summed E-state index contributed by atoms with van der Waals surface area (Å²) >= 11 is 0. The van der Waals surface area contributed by atoms with E-state index in [2.05, 4.69) is 20.4 Å². The molecule has 0 aliphatic rings. The number of allylic oxidation sites excluding steroid dienone is 1. The van der Waals surface area contributed by atoms with Gasteiger partial charge in [-0.1, -0.05) is 65.4 Å². The van der Waals surface area contributed by atoms with Gasteiger partial charge in [-0.2, -0.15) is 4.89 Å². The van der Waals surface area contributed by atoms with Crippen molar-refractivity contribution in [2.24, 2.45) is 0 Å². The number of hydrogen-bond donors (Lipinski definition) is 1. The molecule has 0 aliphatic heterocycles. The molecule has 0 amide bonds. The van der Waals surface area contributed by atoms with Crippen LogP contribution < -0.4 is 0 Å². The molecule has 142 valence electrons. The summed E-state index contributed by atoms with van der Waals surface area (Å²) in [5, 5.41) is 9.25. The number of aliphatic hydroxyl groups is 1. The molecule has 0 spiro atoms. The fourth-order valence-electron chi connectivity index (χ4n) is 2.23. The van der Waals surface area contributed by atoms with Gasteiger partial charge < -0.3 is 14.7 Å². The van der Waals surface area contributed by atoms with Crippen LogP contribution in [0.3, 0.4) is 0 Å². The Bertz CT molecular complexity index is 317. The highest BCUT2D eigenvalue weighted by Crippen LogP contribution is 2.11. The number of esters is 1. The number of hydrogen-bond acceptors (Lipinski definition) is 5. The molecule has 0 aromatic heterocycles. The van der Waals surface area contributed by atoms with Crippen LogP contribution in [0.25, 0.3) is 0 Å². The van der Waals surface area contributed by atoms with Crippen molar-refractivity contribution in [3.05, 3.63) is 12.3 Å². The van der Waals surface area contributed by atoms with E-state index in [0.717, 1.165) is 38.5 Å². The maximum absolute atomic E-state index is 11.7. The second kappa shape index (κ2) is 16.8. The number of carbonyl (C=O) groups is 1. The van der Waals surface area contributed by atoms with Crippen molar-refractivity contribution in [3.63, 3.8) is 0 Å². The lowest BCUT2D eigenvalue weighted by Gasteiger charge is -2.15. The molecule has 1 N–H and O–H groups in total. The molecular formula is C19H36O5. The Hall–Kier alpha value is -1.07. The Balaban J connectivity index is 3.70. The monoisotopic (exact) mass is 344 g/mol. The Labute approximate surface area is 147 Å². The molecule has 24 heavy (non-hydrogen) atoms. The van der Waals surface area contributed by atoms with Gasteiger partial charge in [0.1, 0.15) is 12.4 Å². The number of ether oxygens (including phenoxy) is 1. The normalized spacial score (nSPS) is 12.0. The predicted octanol–water partition coefficient (Wildman–Crippen LogP) is 4.68. The van der Waals surface area contributed by atoms with Crippen LogP contribution >= 0.6 is 0 Å². The van der Waals surface area contributed by atoms with Crippen molar-refractivity contribution in [2.45, 2.75) is 90.6 Å². The van der Waals surface area contributed by atoms with E-state index < -0.39 is 6.10 Å². The van der Waals surface area contributed by atoms with E-state index in [9.17, 15) is 9.90 Å². The molecule has 0 heterocycles. The molecule has 0 aliphatic carbocycles. The van der Waals surface area contributed by atoms with Gasteiger partial charge in [-0.3, -0.25) is 4.79 Å². The van der Waals surface area contributed by atoms with Crippen LogP contribution in [0.4, 0.5) is 0 Å². The molecule has 5 heteroatoms. The zero-order chi connectivity index (χ0) is 18.0.